The Morgan fingerprint density at radius 3 is 2.67 bits per heavy atom. The van der Waals surface area contributed by atoms with E-state index in [1.165, 1.54) is 11.0 Å². The molecule has 2 aromatic rings. The highest BCUT2D eigenvalue weighted by Gasteiger charge is 2.49. The second kappa shape index (κ2) is 8.45. The smallest absolute Gasteiger partial charge is 0.441 e. The van der Waals surface area contributed by atoms with E-state index in [-0.39, 0.29) is 17.3 Å². The van der Waals surface area contributed by atoms with Gasteiger partial charge in [0.2, 0.25) is 5.91 Å². The van der Waals surface area contributed by atoms with E-state index in [1.54, 1.807) is 6.07 Å². The van der Waals surface area contributed by atoms with Gasteiger partial charge in [0.1, 0.15) is 17.2 Å². The average Bonchev–Trinajstić information content (AvgIpc) is 3.05. The molecule has 2 heterocycles. The lowest BCUT2D eigenvalue weighted by molar-refractivity contribution is -0.274. The number of rotatable bonds is 4. The second-order valence-corrected chi connectivity index (χ2v) is 8.33. The molecule has 1 aliphatic heterocycles. The Morgan fingerprint density at radius 2 is 2.00 bits per heavy atom. The fourth-order valence-electron chi connectivity index (χ4n) is 4.22. The summed E-state index contributed by atoms with van der Waals surface area (Å²) in [7, 11) is 0. The van der Waals surface area contributed by atoms with Gasteiger partial charge in [-0.2, -0.15) is 0 Å². The number of benzene rings is 1. The summed E-state index contributed by atoms with van der Waals surface area (Å²) in [5.41, 5.74) is 6.06. The van der Waals surface area contributed by atoms with Gasteiger partial charge in [0.15, 0.2) is 0 Å². The molecule has 11 heteroatoms. The molecule has 0 radical (unpaired) electrons. The quantitative estimate of drug-likeness (QED) is 0.650. The SMILES string of the molecule is Cc1cccc(N2C[C@]3(CC[C@@H](C(=O)Nc4cc(OC(F)(F)F)ccc4N)CC3)OC2=O)n1. The van der Waals surface area contributed by atoms with Crippen molar-refractivity contribution in [3.63, 3.8) is 0 Å². The highest BCUT2D eigenvalue weighted by molar-refractivity contribution is 5.96. The summed E-state index contributed by atoms with van der Waals surface area (Å²) in [6.45, 7) is 2.18. The molecule has 8 nitrogen and oxygen atoms in total. The molecular formula is C22H23F3N4O4. The van der Waals surface area contributed by atoms with Crippen molar-refractivity contribution in [2.45, 2.75) is 44.6 Å². The number of alkyl halides is 3. The van der Waals surface area contributed by atoms with E-state index >= 15 is 0 Å². The van der Waals surface area contributed by atoms with Crippen LogP contribution in [0, 0.1) is 12.8 Å². The number of pyridine rings is 1. The Balaban J connectivity index is 1.38. The predicted octanol–water partition coefficient (Wildman–Crippen LogP) is 4.40. The summed E-state index contributed by atoms with van der Waals surface area (Å²) in [6, 6.07) is 8.74. The Labute approximate surface area is 187 Å². The Hall–Kier alpha value is -3.50. The molecule has 2 fully saturated rings. The zero-order valence-corrected chi connectivity index (χ0v) is 17.8. The first-order valence-corrected chi connectivity index (χ1v) is 10.4. The molecule has 33 heavy (non-hydrogen) atoms. The maximum atomic E-state index is 12.7. The number of carbonyl (C=O) groups excluding carboxylic acids is 2. The standard InChI is InChI=1S/C22H23F3N4O4/c1-13-3-2-4-18(27-13)29-12-21(33-20(29)31)9-7-14(8-10-21)19(30)28-17-11-15(5-6-16(17)26)32-22(23,24)25/h2-6,11,14H,7-10,12,26H2,1H3,(H,28,30)/t14-,21-. The van der Waals surface area contributed by atoms with Gasteiger partial charge in [-0.3, -0.25) is 9.69 Å². The molecule has 1 aromatic carbocycles. The van der Waals surface area contributed by atoms with Crippen molar-refractivity contribution < 1.29 is 32.2 Å². The number of hydrogen-bond donors (Lipinski definition) is 2. The van der Waals surface area contributed by atoms with Crippen LogP contribution in [0.1, 0.15) is 31.4 Å². The van der Waals surface area contributed by atoms with Gasteiger partial charge >= 0.3 is 12.5 Å². The Kier molecular flexibility index (Phi) is 5.81. The molecule has 0 unspecified atom stereocenters. The zero-order valence-electron chi connectivity index (χ0n) is 17.8. The minimum absolute atomic E-state index is 0.0472. The summed E-state index contributed by atoms with van der Waals surface area (Å²) in [5, 5.41) is 2.60. The average molecular weight is 464 g/mol. The molecule has 176 valence electrons. The molecule has 1 saturated heterocycles. The number of hydrogen-bond acceptors (Lipinski definition) is 6. The number of carbonyl (C=O) groups is 2. The fourth-order valence-corrected chi connectivity index (χ4v) is 4.22. The second-order valence-electron chi connectivity index (χ2n) is 8.33. The van der Waals surface area contributed by atoms with Gasteiger partial charge in [-0.15, -0.1) is 13.2 Å². The van der Waals surface area contributed by atoms with Gasteiger partial charge in [0, 0.05) is 17.7 Å². The summed E-state index contributed by atoms with van der Waals surface area (Å²) in [5.74, 6) is -0.709. The lowest BCUT2D eigenvalue weighted by Gasteiger charge is -2.34. The van der Waals surface area contributed by atoms with Crippen LogP contribution in [-0.4, -0.2) is 35.5 Å². The van der Waals surface area contributed by atoms with Crippen molar-refractivity contribution in [2.24, 2.45) is 5.92 Å². The van der Waals surface area contributed by atoms with Crippen molar-refractivity contribution >= 4 is 29.2 Å². The van der Waals surface area contributed by atoms with E-state index in [0.717, 1.165) is 17.8 Å². The number of aromatic nitrogens is 1. The number of nitrogens with one attached hydrogen (secondary N) is 1. The van der Waals surface area contributed by atoms with Gasteiger partial charge in [-0.1, -0.05) is 6.07 Å². The largest absolute Gasteiger partial charge is 0.573 e. The van der Waals surface area contributed by atoms with Crippen LogP contribution in [-0.2, 0) is 9.53 Å². The van der Waals surface area contributed by atoms with Crippen molar-refractivity contribution in [1.82, 2.24) is 4.98 Å². The van der Waals surface area contributed by atoms with E-state index in [2.05, 4.69) is 15.0 Å². The molecule has 1 spiro atoms. The van der Waals surface area contributed by atoms with Gasteiger partial charge in [-0.25, -0.2) is 9.78 Å². The molecular weight excluding hydrogens is 441 g/mol. The fraction of sp³-hybridized carbons (Fsp3) is 0.409. The molecule has 1 saturated carbocycles. The molecule has 1 aromatic heterocycles. The molecule has 3 N–H and O–H groups in total. The number of ether oxygens (including phenoxy) is 2. The number of nitrogens with two attached hydrogens (primary N) is 1. The van der Waals surface area contributed by atoms with Crippen LogP contribution in [0.3, 0.4) is 0 Å². The molecule has 4 rings (SSSR count). The molecule has 2 amide bonds. The van der Waals surface area contributed by atoms with Crippen LogP contribution >= 0.6 is 0 Å². The van der Waals surface area contributed by atoms with Crippen LogP contribution in [0.15, 0.2) is 36.4 Å². The molecule has 0 bridgehead atoms. The van der Waals surface area contributed by atoms with E-state index in [1.807, 2.05) is 19.1 Å². The third kappa shape index (κ3) is 5.12. The highest BCUT2D eigenvalue weighted by atomic mass is 19.4. The monoisotopic (exact) mass is 464 g/mol. The van der Waals surface area contributed by atoms with Crippen molar-refractivity contribution in [1.29, 1.82) is 0 Å². The number of anilines is 3. The van der Waals surface area contributed by atoms with Crippen molar-refractivity contribution in [3.05, 3.63) is 42.1 Å². The molecule has 0 atom stereocenters. The first-order chi connectivity index (χ1) is 15.5. The third-order valence-corrected chi connectivity index (χ3v) is 5.90. The van der Waals surface area contributed by atoms with Crippen LogP contribution < -0.4 is 20.7 Å². The van der Waals surface area contributed by atoms with E-state index in [9.17, 15) is 22.8 Å². The van der Waals surface area contributed by atoms with Crippen molar-refractivity contribution in [2.75, 3.05) is 22.5 Å². The van der Waals surface area contributed by atoms with Gasteiger partial charge in [-0.05, 0) is 56.9 Å². The normalized spacial score (nSPS) is 22.8. The van der Waals surface area contributed by atoms with E-state index in [0.29, 0.717) is 38.0 Å². The van der Waals surface area contributed by atoms with E-state index < -0.39 is 29.7 Å². The van der Waals surface area contributed by atoms with Gasteiger partial charge < -0.3 is 20.5 Å². The summed E-state index contributed by atoms with van der Waals surface area (Å²) in [6.07, 6.45) is -3.46. The minimum Gasteiger partial charge on any atom is -0.441 e. The first kappa shape index (κ1) is 22.7. The lowest BCUT2D eigenvalue weighted by atomic mass is 9.78. The zero-order chi connectivity index (χ0) is 23.8. The number of aryl methyl sites for hydroxylation is 1. The predicted molar refractivity (Wildman–Crippen MR) is 114 cm³/mol. The molecule has 2 aliphatic rings. The summed E-state index contributed by atoms with van der Waals surface area (Å²) in [4.78, 5) is 31.1. The third-order valence-electron chi connectivity index (χ3n) is 5.90. The maximum absolute atomic E-state index is 12.7. The number of amides is 2. The number of nitrogens with zero attached hydrogens (tertiary/aromatic N) is 2. The van der Waals surface area contributed by atoms with Crippen LogP contribution in [0.5, 0.6) is 5.75 Å². The van der Waals surface area contributed by atoms with Gasteiger partial charge in [0.25, 0.3) is 0 Å². The number of halogens is 3. The van der Waals surface area contributed by atoms with E-state index in [4.69, 9.17) is 10.5 Å². The summed E-state index contributed by atoms with van der Waals surface area (Å²) < 4.78 is 47.0. The van der Waals surface area contributed by atoms with Gasteiger partial charge in [0.05, 0.1) is 17.9 Å². The first-order valence-electron chi connectivity index (χ1n) is 10.4. The highest BCUT2D eigenvalue weighted by Crippen LogP contribution is 2.41. The van der Waals surface area contributed by atoms with Crippen LogP contribution in [0.2, 0.25) is 0 Å². The van der Waals surface area contributed by atoms with Crippen LogP contribution in [0.25, 0.3) is 0 Å². The Morgan fingerprint density at radius 1 is 1.27 bits per heavy atom. The number of nitrogen functional groups attached to an aromatic ring is 1. The maximum Gasteiger partial charge on any atom is 0.573 e. The molecule has 1 aliphatic carbocycles. The summed E-state index contributed by atoms with van der Waals surface area (Å²) >= 11 is 0. The lowest BCUT2D eigenvalue weighted by Crippen LogP contribution is -2.41. The Bertz CT molecular complexity index is 1070. The topological polar surface area (TPSA) is 107 Å². The van der Waals surface area contributed by atoms with Crippen LogP contribution in [0.4, 0.5) is 35.2 Å². The van der Waals surface area contributed by atoms with Crippen molar-refractivity contribution in [3.8, 4) is 5.75 Å². The minimum atomic E-state index is -4.85.